The van der Waals surface area contributed by atoms with Crippen LogP contribution in [0.1, 0.15) is 25.5 Å². The van der Waals surface area contributed by atoms with Gasteiger partial charge < -0.3 is 26.0 Å². The lowest BCUT2D eigenvalue weighted by molar-refractivity contribution is -0.138. The Labute approximate surface area is 139 Å². The fourth-order valence-corrected chi connectivity index (χ4v) is 3.00. The summed E-state index contributed by atoms with van der Waals surface area (Å²) in [6.45, 7) is 4.49. The van der Waals surface area contributed by atoms with Gasteiger partial charge in [-0.1, -0.05) is 0 Å². The van der Waals surface area contributed by atoms with Crippen LogP contribution in [0.3, 0.4) is 0 Å². The van der Waals surface area contributed by atoms with Gasteiger partial charge >= 0.3 is 0 Å². The summed E-state index contributed by atoms with van der Waals surface area (Å²) in [6, 6.07) is -0.319. The number of hydrogen-bond donors (Lipinski definition) is 3. The Morgan fingerprint density at radius 3 is 2.58 bits per heavy atom. The number of primary amides is 1. The number of nitrogens with one attached hydrogen (secondary N) is 1. The largest absolute Gasteiger partial charge is 0.380 e. The van der Waals surface area contributed by atoms with E-state index in [0.717, 1.165) is 0 Å². The number of nitrogens with two attached hydrogens (primary N) is 1. The highest BCUT2D eigenvalue weighted by Gasteiger charge is 2.39. The minimum Gasteiger partial charge on any atom is -0.380 e. The van der Waals surface area contributed by atoms with E-state index in [9.17, 15) is 14.7 Å². The number of hydrogen-bond acceptors (Lipinski definition) is 7. The van der Waals surface area contributed by atoms with Crippen LogP contribution >= 0.6 is 0 Å². The number of piperidine rings is 1. The number of carbonyl (C=O) groups excluding carboxylic acids is 2. The standard InChI is InChI=1S/C15H22N6O3/c1-8-10-11(20(3)9(2)12(22)18-10)19-14(17-8)21-6-4-15(24,5-7-21)13(16)23/h9,24H,4-7H2,1-3H3,(H2,16,23)(H,18,22)/t9-/m0/s1. The third-order valence-corrected chi connectivity index (χ3v) is 4.93. The topological polar surface area (TPSA) is 125 Å². The summed E-state index contributed by atoms with van der Waals surface area (Å²) in [7, 11) is 1.82. The van der Waals surface area contributed by atoms with Gasteiger partial charge in [-0.2, -0.15) is 4.98 Å². The molecule has 9 heteroatoms. The molecule has 1 atom stereocenters. The van der Waals surface area contributed by atoms with Gasteiger partial charge in [0.1, 0.15) is 17.3 Å². The van der Waals surface area contributed by atoms with E-state index < -0.39 is 11.5 Å². The van der Waals surface area contributed by atoms with Crippen molar-refractivity contribution in [2.24, 2.45) is 5.73 Å². The third kappa shape index (κ3) is 2.54. The van der Waals surface area contributed by atoms with Crippen molar-refractivity contribution in [1.82, 2.24) is 9.97 Å². The molecule has 3 heterocycles. The van der Waals surface area contributed by atoms with Gasteiger partial charge in [-0.25, -0.2) is 4.98 Å². The van der Waals surface area contributed by atoms with Crippen molar-refractivity contribution in [3.8, 4) is 0 Å². The van der Waals surface area contributed by atoms with Crippen molar-refractivity contribution >= 4 is 29.3 Å². The number of nitrogens with zero attached hydrogens (tertiary/aromatic N) is 4. The fourth-order valence-electron chi connectivity index (χ4n) is 3.00. The molecule has 3 rings (SSSR count). The molecule has 0 saturated carbocycles. The number of fused-ring (bicyclic) bond motifs is 1. The van der Waals surface area contributed by atoms with E-state index in [0.29, 0.717) is 36.2 Å². The Morgan fingerprint density at radius 2 is 2.00 bits per heavy atom. The van der Waals surface area contributed by atoms with Crippen LogP contribution in [-0.2, 0) is 9.59 Å². The summed E-state index contributed by atoms with van der Waals surface area (Å²) in [5.41, 5.74) is 5.10. The van der Waals surface area contributed by atoms with Gasteiger partial charge in [0.25, 0.3) is 0 Å². The van der Waals surface area contributed by atoms with E-state index in [1.165, 1.54) is 0 Å². The van der Waals surface area contributed by atoms with Gasteiger partial charge in [0.05, 0.1) is 5.69 Å². The zero-order chi connectivity index (χ0) is 17.6. The van der Waals surface area contributed by atoms with Gasteiger partial charge in [0.2, 0.25) is 17.8 Å². The SMILES string of the molecule is Cc1nc(N2CCC(O)(C(N)=O)CC2)nc2c1NC(=O)[C@H](C)N2C. The van der Waals surface area contributed by atoms with E-state index in [4.69, 9.17) is 5.73 Å². The van der Waals surface area contributed by atoms with Crippen LogP contribution < -0.4 is 20.9 Å². The average Bonchev–Trinajstić information content (AvgIpc) is 2.54. The summed E-state index contributed by atoms with van der Waals surface area (Å²) in [6.07, 6.45) is 0.482. The molecule has 1 aromatic rings. The van der Waals surface area contributed by atoms with Gasteiger partial charge in [0, 0.05) is 33.0 Å². The van der Waals surface area contributed by atoms with Crippen LogP contribution in [0, 0.1) is 6.92 Å². The van der Waals surface area contributed by atoms with Gasteiger partial charge in [-0.15, -0.1) is 0 Å². The van der Waals surface area contributed by atoms with E-state index in [2.05, 4.69) is 15.3 Å². The highest BCUT2D eigenvalue weighted by atomic mass is 16.3. The van der Waals surface area contributed by atoms with Crippen molar-refractivity contribution in [2.75, 3.05) is 35.3 Å². The summed E-state index contributed by atoms with van der Waals surface area (Å²) >= 11 is 0. The molecule has 2 amide bonds. The molecular formula is C15H22N6O3. The third-order valence-electron chi connectivity index (χ3n) is 4.93. The Morgan fingerprint density at radius 1 is 1.38 bits per heavy atom. The number of aryl methyl sites for hydroxylation is 1. The first-order chi connectivity index (χ1) is 11.2. The molecule has 0 radical (unpaired) electrons. The lowest BCUT2D eigenvalue weighted by Crippen LogP contribution is -2.52. The number of rotatable bonds is 2. The van der Waals surface area contributed by atoms with E-state index in [1.807, 2.05) is 30.7 Å². The van der Waals surface area contributed by atoms with Crippen molar-refractivity contribution in [3.63, 3.8) is 0 Å². The Hall–Kier alpha value is -2.42. The molecule has 2 aliphatic heterocycles. The molecule has 1 fully saturated rings. The van der Waals surface area contributed by atoms with Crippen LogP contribution in [0.5, 0.6) is 0 Å². The smallest absolute Gasteiger partial charge is 0.249 e. The first-order valence-corrected chi connectivity index (χ1v) is 7.92. The zero-order valence-corrected chi connectivity index (χ0v) is 14.0. The summed E-state index contributed by atoms with van der Waals surface area (Å²) < 4.78 is 0. The van der Waals surface area contributed by atoms with Gasteiger partial charge in [-0.05, 0) is 13.8 Å². The van der Waals surface area contributed by atoms with E-state index in [1.54, 1.807) is 0 Å². The first kappa shape index (κ1) is 16.4. The highest BCUT2D eigenvalue weighted by Crippen LogP contribution is 2.34. The number of carbonyl (C=O) groups is 2. The van der Waals surface area contributed by atoms with Crippen molar-refractivity contribution in [1.29, 1.82) is 0 Å². The maximum absolute atomic E-state index is 12.0. The first-order valence-electron chi connectivity index (χ1n) is 7.92. The second-order valence-electron chi connectivity index (χ2n) is 6.47. The molecule has 4 N–H and O–H groups in total. The van der Waals surface area contributed by atoms with Crippen LogP contribution in [-0.4, -0.2) is 58.7 Å². The van der Waals surface area contributed by atoms with Crippen LogP contribution in [0.2, 0.25) is 0 Å². The summed E-state index contributed by atoms with van der Waals surface area (Å²) in [5.74, 6) is 0.406. The van der Waals surface area contributed by atoms with Crippen LogP contribution in [0.25, 0.3) is 0 Å². The Bertz CT molecular complexity index is 699. The van der Waals surface area contributed by atoms with E-state index in [-0.39, 0.29) is 24.8 Å². The van der Waals surface area contributed by atoms with E-state index >= 15 is 0 Å². The number of amides is 2. The predicted octanol–water partition coefficient (Wildman–Crippen LogP) is -0.622. The van der Waals surface area contributed by atoms with Crippen LogP contribution in [0.4, 0.5) is 17.5 Å². The summed E-state index contributed by atoms with van der Waals surface area (Å²) in [5, 5.41) is 13.0. The molecule has 9 nitrogen and oxygen atoms in total. The lowest BCUT2D eigenvalue weighted by Gasteiger charge is -2.37. The molecule has 130 valence electrons. The lowest BCUT2D eigenvalue weighted by atomic mass is 9.91. The number of aromatic nitrogens is 2. The molecule has 24 heavy (non-hydrogen) atoms. The Balaban J connectivity index is 1.88. The van der Waals surface area contributed by atoms with Gasteiger partial charge in [-0.3, -0.25) is 9.59 Å². The predicted molar refractivity (Wildman–Crippen MR) is 88.9 cm³/mol. The maximum Gasteiger partial charge on any atom is 0.249 e. The fraction of sp³-hybridized carbons (Fsp3) is 0.600. The maximum atomic E-state index is 12.0. The van der Waals surface area contributed by atoms with Crippen molar-refractivity contribution in [3.05, 3.63) is 5.69 Å². The molecule has 0 bridgehead atoms. The van der Waals surface area contributed by atoms with Crippen molar-refractivity contribution < 1.29 is 14.7 Å². The molecule has 1 aromatic heterocycles. The quantitative estimate of drug-likeness (QED) is 0.658. The second kappa shape index (κ2) is 5.59. The number of likely N-dealkylation sites (N-methyl/N-ethyl adjacent to an activating group) is 1. The van der Waals surface area contributed by atoms with Crippen LogP contribution in [0.15, 0.2) is 0 Å². The normalized spacial score (nSPS) is 22.8. The average molecular weight is 334 g/mol. The molecular weight excluding hydrogens is 312 g/mol. The highest BCUT2D eigenvalue weighted by molar-refractivity contribution is 6.03. The number of aliphatic hydroxyl groups is 1. The molecule has 0 spiro atoms. The molecule has 0 aromatic carbocycles. The zero-order valence-electron chi connectivity index (χ0n) is 14.0. The molecule has 2 aliphatic rings. The van der Waals surface area contributed by atoms with Gasteiger partial charge in [0.15, 0.2) is 5.82 Å². The van der Waals surface area contributed by atoms with Crippen molar-refractivity contribution in [2.45, 2.75) is 38.3 Å². The summed E-state index contributed by atoms with van der Waals surface area (Å²) in [4.78, 5) is 36.1. The molecule has 0 aliphatic carbocycles. The molecule has 1 saturated heterocycles. The Kier molecular flexibility index (Phi) is 3.83. The minimum atomic E-state index is -1.46. The minimum absolute atomic E-state index is 0.0889. The molecule has 0 unspecified atom stereocenters. The number of anilines is 3. The second-order valence-corrected chi connectivity index (χ2v) is 6.47. The monoisotopic (exact) mass is 334 g/mol.